The molecule has 6 heteroatoms. The van der Waals surface area contributed by atoms with Crippen molar-refractivity contribution in [3.05, 3.63) is 63.9 Å². The summed E-state index contributed by atoms with van der Waals surface area (Å²) < 4.78 is 7.67. The normalized spacial score (nSPS) is 10.6. The molecule has 24 heavy (non-hydrogen) atoms. The van der Waals surface area contributed by atoms with E-state index < -0.39 is 5.97 Å². The summed E-state index contributed by atoms with van der Waals surface area (Å²) in [5.74, 6) is -0.573. The van der Waals surface area contributed by atoms with E-state index in [1.807, 2.05) is 48.5 Å². The lowest BCUT2D eigenvalue weighted by Crippen LogP contribution is -2.18. The summed E-state index contributed by atoms with van der Waals surface area (Å²) in [6, 6.07) is 15.0. The van der Waals surface area contributed by atoms with Crippen LogP contribution in [0.3, 0.4) is 0 Å². The Hall–Kier alpha value is -2.35. The van der Waals surface area contributed by atoms with Crippen LogP contribution in [0.5, 0.6) is 0 Å². The maximum Gasteiger partial charge on any atom is 0.340 e. The zero-order chi connectivity index (χ0) is 17.1. The number of nitrogens with one attached hydrogen (secondary N) is 1. The molecule has 1 heterocycles. The zero-order valence-corrected chi connectivity index (χ0v) is 15.1. The number of methoxy groups -OCH3 is 1. The average molecular weight is 434 g/mol. The van der Waals surface area contributed by atoms with Gasteiger partial charge in [-0.25, -0.2) is 4.79 Å². The Morgan fingerprint density at radius 1 is 1.12 bits per heavy atom. The van der Waals surface area contributed by atoms with Gasteiger partial charge in [0.1, 0.15) is 6.54 Å². The molecule has 122 valence electrons. The van der Waals surface area contributed by atoms with Crippen LogP contribution in [0.15, 0.2) is 54.7 Å². The zero-order valence-electron chi connectivity index (χ0n) is 13.0. The molecule has 1 amide bonds. The van der Waals surface area contributed by atoms with E-state index in [9.17, 15) is 9.59 Å². The number of fused-ring (bicyclic) bond motifs is 1. The van der Waals surface area contributed by atoms with Crippen LogP contribution in [-0.2, 0) is 16.1 Å². The summed E-state index contributed by atoms with van der Waals surface area (Å²) in [6.45, 7) is 0.115. The number of hydrogen-bond donors (Lipinski definition) is 1. The Balaban J connectivity index is 1.85. The topological polar surface area (TPSA) is 60.3 Å². The maximum atomic E-state index is 12.3. The molecule has 0 saturated carbocycles. The van der Waals surface area contributed by atoms with Crippen LogP contribution in [-0.4, -0.2) is 23.6 Å². The second-order valence-electron chi connectivity index (χ2n) is 5.23. The van der Waals surface area contributed by atoms with E-state index in [0.29, 0.717) is 5.56 Å². The van der Waals surface area contributed by atoms with Gasteiger partial charge in [-0.3, -0.25) is 4.79 Å². The van der Waals surface area contributed by atoms with Crippen LogP contribution in [0, 0.1) is 3.57 Å². The highest BCUT2D eigenvalue weighted by Gasteiger charge is 2.16. The molecule has 1 N–H and O–H groups in total. The number of benzene rings is 2. The molecule has 0 saturated heterocycles. The summed E-state index contributed by atoms with van der Waals surface area (Å²) in [6.07, 6.45) is 1.66. The van der Waals surface area contributed by atoms with Gasteiger partial charge in [0.2, 0.25) is 5.91 Å². The van der Waals surface area contributed by atoms with Crippen molar-refractivity contribution in [2.24, 2.45) is 0 Å². The van der Waals surface area contributed by atoms with Gasteiger partial charge in [0.25, 0.3) is 0 Å². The first kappa shape index (κ1) is 16.5. The molecule has 0 aliphatic rings. The molecule has 0 radical (unpaired) electrons. The second-order valence-corrected chi connectivity index (χ2v) is 6.48. The fourth-order valence-electron chi connectivity index (χ4n) is 2.54. The van der Waals surface area contributed by atoms with Crippen molar-refractivity contribution in [1.29, 1.82) is 0 Å². The summed E-state index contributed by atoms with van der Waals surface area (Å²) in [4.78, 5) is 24.2. The Morgan fingerprint density at radius 3 is 2.54 bits per heavy atom. The fraction of sp³-hybridized carbons (Fsp3) is 0.111. The Morgan fingerprint density at radius 2 is 1.83 bits per heavy atom. The first-order valence-electron chi connectivity index (χ1n) is 7.30. The van der Waals surface area contributed by atoms with Gasteiger partial charge in [0.15, 0.2) is 0 Å². The van der Waals surface area contributed by atoms with Gasteiger partial charge in [-0.05, 0) is 52.9 Å². The van der Waals surface area contributed by atoms with E-state index in [1.54, 1.807) is 10.8 Å². The van der Waals surface area contributed by atoms with Crippen molar-refractivity contribution < 1.29 is 14.3 Å². The quantitative estimate of drug-likeness (QED) is 0.504. The molecule has 0 fully saturated rings. The summed E-state index contributed by atoms with van der Waals surface area (Å²) >= 11 is 2.21. The van der Waals surface area contributed by atoms with Crippen LogP contribution in [0.25, 0.3) is 10.9 Å². The number of rotatable bonds is 4. The van der Waals surface area contributed by atoms with Crippen molar-refractivity contribution in [3.8, 4) is 0 Å². The van der Waals surface area contributed by atoms with Gasteiger partial charge < -0.3 is 14.6 Å². The molecule has 0 spiro atoms. The Labute approximate surface area is 152 Å². The molecule has 0 bridgehead atoms. The summed E-state index contributed by atoms with van der Waals surface area (Å²) in [5.41, 5.74) is 2.01. The predicted molar refractivity (Wildman–Crippen MR) is 101 cm³/mol. The van der Waals surface area contributed by atoms with Crippen LogP contribution in [0.2, 0.25) is 0 Å². The molecule has 5 nitrogen and oxygen atoms in total. The first-order chi connectivity index (χ1) is 11.6. The molecule has 0 unspecified atom stereocenters. The molecule has 0 atom stereocenters. The lowest BCUT2D eigenvalue weighted by atomic mass is 10.2. The molecular weight excluding hydrogens is 419 g/mol. The van der Waals surface area contributed by atoms with Crippen LogP contribution in [0.4, 0.5) is 5.69 Å². The molecule has 3 aromatic rings. The molecule has 0 aliphatic heterocycles. The van der Waals surface area contributed by atoms with E-state index in [1.165, 1.54) is 7.11 Å². The number of esters is 1. The van der Waals surface area contributed by atoms with Crippen LogP contribution in [0.1, 0.15) is 10.4 Å². The van der Waals surface area contributed by atoms with E-state index in [-0.39, 0.29) is 12.5 Å². The first-order valence-corrected chi connectivity index (χ1v) is 8.38. The average Bonchev–Trinajstić information content (AvgIpc) is 2.95. The van der Waals surface area contributed by atoms with Gasteiger partial charge in [0.05, 0.1) is 12.7 Å². The smallest absolute Gasteiger partial charge is 0.340 e. The lowest BCUT2D eigenvalue weighted by molar-refractivity contribution is -0.116. The third-order valence-corrected chi connectivity index (χ3v) is 4.35. The highest BCUT2D eigenvalue weighted by molar-refractivity contribution is 14.1. The van der Waals surface area contributed by atoms with Crippen molar-refractivity contribution >= 4 is 51.1 Å². The van der Waals surface area contributed by atoms with Crippen molar-refractivity contribution in [2.75, 3.05) is 12.4 Å². The number of anilines is 1. The largest absolute Gasteiger partial charge is 0.465 e. The monoisotopic (exact) mass is 434 g/mol. The van der Waals surface area contributed by atoms with Crippen molar-refractivity contribution in [2.45, 2.75) is 6.54 Å². The maximum absolute atomic E-state index is 12.3. The number of amides is 1. The van der Waals surface area contributed by atoms with E-state index in [0.717, 1.165) is 20.2 Å². The summed E-state index contributed by atoms with van der Waals surface area (Å²) in [5, 5.41) is 3.63. The number of nitrogens with zero attached hydrogens (tertiary/aromatic N) is 1. The Kier molecular flexibility index (Phi) is 4.84. The van der Waals surface area contributed by atoms with Crippen LogP contribution < -0.4 is 5.32 Å². The van der Waals surface area contributed by atoms with E-state index in [4.69, 9.17) is 4.74 Å². The summed E-state index contributed by atoms with van der Waals surface area (Å²) in [7, 11) is 1.35. The third-order valence-electron chi connectivity index (χ3n) is 3.64. The molecule has 0 aliphatic carbocycles. The number of aromatic nitrogens is 1. The number of carbonyl (C=O) groups is 2. The lowest BCUT2D eigenvalue weighted by Gasteiger charge is -2.07. The van der Waals surface area contributed by atoms with Gasteiger partial charge >= 0.3 is 5.97 Å². The van der Waals surface area contributed by atoms with Crippen LogP contribution >= 0.6 is 22.6 Å². The number of para-hydroxylation sites is 1. The number of ether oxygens (including phenoxy) is 1. The van der Waals surface area contributed by atoms with Crippen molar-refractivity contribution in [1.82, 2.24) is 4.57 Å². The minimum absolute atomic E-state index is 0.115. The second kappa shape index (κ2) is 7.04. The highest BCUT2D eigenvalue weighted by atomic mass is 127. The van der Waals surface area contributed by atoms with Gasteiger partial charge in [-0.2, -0.15) is 0 Å². The minimum atomic E-state index is -0.414. The van der Waals surface area contributed by atoms with Gasteiger partial charge in [-0.1, -0.05) is 18.2 Å². The van der Waals surface area contributed by atoms with E-state index >= 15 is 0 Å². The highest BCUT2D eigenvalue weighted by Crippen LogP contribution is 2.22. The standard InChI is InChI=1S/C18H15IN2O3/c1-24-18(23)15-10-21(16-5-3-2-4-14(15)16)11-17(22)20-13-8-6-12(19)7-9-13/h2-10H,11H2,1H3,(H,20,22). The van der Waals surface area contributed by atoms with Gasteiger partial charge in [-0.15, -0.1) is 0 Å². The van der Waals surface area contributed by atoms with E-state index in [2.05, 4.69) is 27.9 Å². The van der Waals surface area contributed by atoms with Gasteiger partial charge in [0, 0.05) is 26.4 Å². The molecule has 3 rings (SSSR count). The predicted octanol–water partition coefficient (Wildman–Crippen LogP) is 3.67. The number of halogens is 1. The Bertz CT molecular complexity index is 900. The number of hydrogen-bond acceptors (Lipinski definition) is 3. The minimum Gasteiger partial charge on any atom is -0.465 e. The number of carbonyl (C=O) groups excluding carboxylic acids is 2. The fourth-order valence-corrected chi connectivity index (χ4v) is 2.90. The molecule has 2 aromatic carbocycles. The van der Waals surface area contributed by atoms with Crippen molar-refractivity contribution in [3.63, 3.8) is 0 Å². The molecular formula is C18H15IN2O3. The molecule has 1 aromatic heterocycles. The third kappa shape index (κ3) is 3.43. The SMILES string of the molecule is COC(=O)c1cn(CC(=O)Nc2ccc(I)cc2)c2ccccc12.